The number of hydrogen-bond donors (Lipinski definition) is 1. The van der Waals surface area contributed by atoms with Crippen molar-refractivity contribution in [3.05, 3.63) is 28.2 Å². The molecule has 1 heterocycles. The minimum absolute atomic E-state index is 0.120. The first-order valence-electron chi connectivity index (χ1n) is 7.19. The first kappa shape index (κ1) is 15.4. The number of carbonyl (C=O) groups is 2. The molecule has 1 aromatic rings. The summed E-state index contributed by atoms with van der Waals surface area (Å²) in [6.45, 7) is 0.451. The van der Waals surface area contributed by atoms with Crippen molar-refractivity contribution >= 4 is 35.0 Å². The van der Waals surface area contributed by atoms with Gasteiger partial charge in [0.05, 0.1) is 11.1 Å². The van der Waals surface area contributed by atoms with E-state index in [9.17, 15) is 9.59 Å². The van der Waals surface area contributed by atoms with Gasteiger partial charge in [-0.3, -0.25) is 9.59 Å². The Morgan fingerprint density at radius 3 is 2.82 bits per heavy atom. The summed E-state index contributed by atoms with van der Waals surface area (Å²) >= 11 is 11.8. The van der Waals surface area contributed by atoms with Crippen molar-refractivity contribution in [2.45, 2.75) is 31.3 Å². The van der Waals surface area contributed by atoms with Crippen LogP contribution in [0.25, 0.3) is 0 Å². The van der Waals surface area contributed by atoms with Crippen molar-refractivity contribution in [2.75, 3.05) is 13.2 Å². The summed E-state index contributed by atoms with van der Waals surface area (Å²) in [6.07, 6.45) is 2.51. The molecule has 1 atom stereocenters. The van der Waals surface area contributed by atoms with Gasteiger partial charge in [0.15, 0.2) is 6.61 Å². The van der Waals surface area contributed by atoms with E-state index < -0.39 is 0 Å². The zero-order valence-corrected chi connectivity index (χ0v) is 13.4. The largest absolute Gasteiger partial charge is 0.482 e. The Morgan fingerprint density at radius 2 is 2.14 bits per heavy atom. The van der Waals surface area contributed by atoms with Gasteiger partial charge in [0.1, 0.15) is 5.75 Å². The second kappa shape index (κ2) is 6.34. The summed E-state index contributed by atoms with van der Waals surface area (Å²) in [5.41, 5.74) is 0. The number of likely N-dealkylation sites (tertiary alicyclic amines) is 1. The highest BCUT2D eigenvalue weighted by Gasteiger charge is 2.39. The van der Waals surface area contributed by atoms with E-state index in [0.717, 1.165) is 12.8 Å². The van der Waals surface area contributed by atoms with E-state index in [1.54, 1.807) is 18.2 Å². The van der Waals surface area contributed by atoms with Crippen LogP contribution in [0.4, 0.5) is 0 Å². The maximum absolute atomic E-state index is 11.9. The van der Waals surface area contributed by atoms with Gasteiger partial charge in [-0.1, -0.05) is 23.2 Å². The molecule has 1 aliphatic heterocycles. The molecule has 1 saturated carbocycles. The number of hydrogen-bond acceptors (Lipinski definition) is 3. The molecule has 2 amide bonds. The number of nitrogens with one attached hydrogen (secondary N) is 1. The van der Waals surface area contributed by atoms with Gasteiger partial charge < -0.3 is 15.0 Å². The lowest BCUT2D eigenvalue weighted by Crippen LogP contribution is -2.40. The fraction of sp³-hybridized carbons (Fsp3) is 0.467. The van der Waals surface area contributed by atoms with Crippen molar-refractivity contribution < 1.29 is 14.3 Å². The van der Waals surface area contributed by atoms with E-state index in [4.69, 9.17) is 27.9 Å². The summed E-state index contributed by atoms with van der Waals surface area (Å²) in [6, 6.07) is 5.07. The molecule has 3 rings (SSSR count). The standard InChI is InChI=1S/C15H16Cl2N2O3/c16-9-1-4-13(12(17)5-9)22-8-14(20)18-10-6-15(21)19(7-10)11-2-3-11/h1,4-5,10-11H,2-3,6-8H2,(H,18,20)/t10-/m1/s1. The molecule has 0 unspecified atom stereocenters. The van der Waals surface area contributed by atoms with Crippen LogP contribution in [0.5, 0.6) is 5.75 Å². The maximum atomic E-state index is 11.9. The van der Waals surface area contributed by atoms with Gasteiger partial charge in [-0.05, 0) is 31.0 Å². The average Bonchev–Trinajstić information content (AvgIpc) is 3.22. The topological polar surface area (TPSA) is 58.6 Å². The van der Waals surface area contributed by atoms with E-state index in [0.29, 0.717) is 34.8 Å². The number of amides is 2. The SMILES string of the molecule is O=C(COc1ccc(Cl)cc1Cl)N[C@@H]1CC(=O)N(C2CC2)C1. The van der Waals surface area contributed by atoms with Crippen molar-refractivity contribution in [2.24, 2.45) is 0 Å². The third-order valence-electron chi connectivity index (χ3n) is 3.76. The average molecular weight is 343 g/mol. The van der Waals surface area contributed by atoms with Crippen LogP contribution in [0.3, 0.4) is 0 Å². The molecule has 0 aromatic heterocycles. The lowest BCUT2D eigenvalue weighted by molar-refractivity contribution is -0.128. The molecule has 1 N–H and O–H groups in total. The van der Waals surface area contributed by atoms with Crippen molar-refractivity contribution in [1.82, 2.24) is 10.2 Å². The molecular formula is C15H16Cl2N2O3. The monoisotopic (exact) mass is 342 g/mol. The smallest absolute Gasteiger partial charge is 0.258 e. The van der Waals surface area contributed by atoms with Crippen molar-refractivity contribution in [3.8, 4) is 5.75 Å². The highest BCUT2D eigenvalue weighted by molar-refractivity contribution is 6.35. The Balaban J connectivity index is 1.47. The predicted molar refractivity (Wildman–Crippen MR) is 83.2 cm³/mol. The molecule has 2 fully saturated rings. The van der Waals surface area contributed by atoms with Gasteiger partial charge in [-0.15, -0.1) is 0 Å². The van der Waals surface area contributed by atoms with Crippen LogP contribution in [0, 0.1) is 0 Å². The number of halogens is 2. The van der Waals surface area contributed by atoms with E-state index >= 15 is 0 Å². The zero-order valence-electron chi connectivity index (χ0n) is 11.9. The van der Waals surface area contributed by atoms with Crippen LogP contribution in [-0.4, -0.2) is 41.9 Å². The van der Waals surface area contributed by atoms with E-state index in [1.165, 1.54) is 0 Å². The summed E-state index contributed by atoms with van der Waals surface area (Å²) in [7, 11) is 0. The lowest BCUT2D eigenvalue weighted by atomic mass is 10.2. The molecule has 0 radical (unpaired) electrons. The first-order valence-corrected chi connectivity index (χ1v) is 7.95. The van der Waals surface area contributed by atoms with E-state index in [1.807, 2.05) is 4.90 Å². The number of rotatable bonds is 5. The van der Waals surface area contributed by atoms with Gasteiger partial charge in [0.25, 0.3) is 5.91 Å². The molecule has 1 aromatic carbocycles. The van der Waals surface area contributed by atoms with Crippen LogP contribution in [-0.2, 0) is 9.59 Å². The van der Waals surface area contributed by atoms with Crippen molar-refractivity contribution in [1.29, 1.82) is 0 Å². The second-order valence-electron chi connectivity index (χ2n) is 5.61. The molecule has 5 nitrogen and oxygen atoms in total. The molecule has 22 heavy (non-hydrogen) atoms. The maximum Gasteiger partial charge on any atom is 0.258 e. The molecule has 7 heteroatoms. The van der Waals surface area contributed by atoms with Crippen LogP contribution in [0.1, 0.15) is 19.3 Å². The van der Waals surface area contributed by atoms with Crippen LogP contribution >= 0.6 is 23.2 Å². The second-order valence-corrected chi connectivity index (χ2v) is 6.45. The van der Waals surface area contributed by atoms with E-state index in [-0.39, 0.29) is 24.5 Å². The quantitative estimate of drug-likeness (QED) is 0.892. The highest BCUT2D eigenvalue weighted by atomic mass is 35.5. The van der Waals surface area contributed by atoms with Crippen LogP contribution in [0.15, 0.2) is 18.2 Å². The molecule has 2 aliphatic rings. The molecule has 1 saturated heterocycles. The van der Waals surface area contributed by atoms with Gasteiger partial charge in [0.2, 0.25) is 5.91 Å². The molecule has 1 aliphatic carbocycles. The third-order valence-corrected chi connectivity index (χ3v) is 4.29. The van der Waals surface area contributed by atoms with Crippen LogP contribution < -0.4 is 10.1 Å². The highest BCUT2D eigenvalue weighted by Crippen LogP contribution is 2.30. The molecular weight excluding hydrogens is 327 g/mol. The Labute approximate surface area is 138 Å². The van der Waals surface area contributed by atoms with Gasteiger partial charge in [-0.25, -0.2) is 0 Å². The molecule has 0 spiro atoms. The van der Waals surface area contributed by atoms with Gasteiger partial charge in [-0.2, -0.15) is 0 Å². The fourth-order valence-corrected chi connectivity index (χ4v) is 3.04. The summed E-state index contributed by atoms with van der Waals surface area (Å²) in [5, 5.41) is 3.69. The Bertz CT molecular complexity index is 604. The summed E-state index contributed by atoms with van der Waals surface area (Å²) in [4.78, 5) is 25.6. The number of carbonyl (C=O) groups excluding carboxylic acids is 2. The van der Waals surface area contributed by atoms with E-state index in [2.05, 4.69) is 5.32 Å². The first-order chi connectivity index (χ1) is 10.5. The number of ether oxygens (including phenoxy) is 1. The predicted octanol–water partition coefficient (Wildman–Crippen LogP) is 2.25. The fourth-order valence-electron chi connectivity index (χ4n) is 2.57. The van der Waals surface area contributed by atoms with Crippen molar-refractivity contribution in [3.63, 3.8) is 0 Å². The zero-order chi connectivity index (χ0) is 15.7. The van der Waals surface area contributed by atoms with Gasteiger partial charge >= 0.3 is 0 Å². The number of benzene rings is 1. The molecule has 0 bridgehead atoms. The Kier molecular flexibility index (Phi) is 4.45. The van der Waals surface area contributed by atoms with Gasteiger partial charge in [0, 0.05) is 24.0 Å². The molecule has 118 valence electrons. The lowest BCUT2D eigenvalue weighted by Gasteiger charge is -2.16. The summed E-state index contributed by atoms with van der Waals surface area (Å²) < 4.78 is 5.38. The Hall–Kier alpha value is -1.46. The Morgan fingerprint density at radius 1 is 1.36 bits per heavy atom. The minimum Gasteiger partial charge on any atom is -0.482 e. The normalized spacial score (nSPS) is 21.1. The van der Waals surface area contributed by atoms with Crippen LogP contribution in [0.2, 0.25) is 10.0 Å². The minimum atomic E-state index is -0.263. The summed E-state index contributed by atoms with van der Waals surface area (Å²) in [5.74, 6) is 0.263. The number of nitrogens with zero attached hydrogens (tertiary/aromatic N) is 1. The third kappa shape index (κ3) is 3.65.